The van der Waals surface area contributed by atoms with Crippen LogP contribution >= 0.6 is 24.0 Å². The Balaban J connectivity index is 0.00000288. The van der Waals surface area contributed by atoms with Gasteiger partial charge in [0.25, 0.3) is 0 Å². The van der Waals surface area contributed by atoms with E-state index in [1.165, 1.54) is 31.9 Å². The van der Waals surface area contributed by atoms with Gasteiger partial charge < -0.3 is 10.6 Å². The van der Waals surface area contributed by atoms with Crippen molar-refractivity contribution in [2.45, 2.75) is 45.4 Å². The molecule has 0 aromatic heterocycles. The first-order valence-corrected chi connectivity index (χ1v) is 10.6. The van der Waals surface area contributed by atoms with Gasteiger partial charge in [0.2, 0.25) is 10.0 Å². The SMILES string of the molecule is CCC1(CNC(=NC)NCC2CCN(S(C)(=O)=O)CC2)CCC1.I. The Morgan fingerprint density at radius 1 is 1.25 bits per heavy atom. The van der Waals surface area contributed by atoms with E-state index in [-0.39, 0.29) is 24.0 Å². The highest BCUT2D eigenvalue weighted by Gasteiger charge is 2.35. The maximum Gasteiger partial charge on any atom is 0.211 e. The molecule has 0 radical (unpaired) electrons. The second-order valence-electron chi connectivity index (χ2n) is 7.12. The monoisotopic (exact) mass is 472 g/mol. The van der Waals surface area contributed by atoms with Crippen LogP contribution in [0.25, 0.3) is 0 Å². The summed E-state index contributed by atoms with van der Waals surface area (Å²) in [5.41, 5.74) is 0.471. The number of hydrogen-bond acceptors (Lipinski definition) is 3. The second kappa shape index (κ2) is 9.56. The highest BCUT2D eigenvalue weighted by Crippen LogP contribution is 2.42. The van der Waals surface area contributed by atoms with Crippen molar-refractivity contribution in [2.75, 3.05) is 39.5 Å². The Morgan fingerprint density at radius 2 is 1.88 bits per heavy atom. The van der Waals surface area contributed by atoms with Gasteiger partial charge in [0.1, 0.15) is 0 Å². The van der Waals surface area contributed by atoms with E-state index >= 15 is 0 Å². The number of piperidine rings is 1. The first-order chi connectivity index (χ1) is 10.9. The first kappa shape index (κ1) is 22.0. The molecule has 0 bridgehead atoms. The number of guanidine groups is 1. The van der Waals surface area contributed by atoms with Gasteiger partial charge in [0, 0.05) is 33.2 Å². The average Bonchev–Trinajstić information content (AvgIpc) is 2.49. The summed E-state index contributed by atoms with van der Waals surface area (Å²) in [5, 5.41) is 6.88. The minimum Gasteiger partial charge on any atom is -0.356 e. The van der Waals surface area contributed by atoms with Crippen LogP contribution in [-0.4, -0.2) is 58.2 Å². The average molecular weight is 472 g/mol. The minimum atomic E-state index is -3.03. The molecule has 2 aliphatic rings. The van der Waals surface area contributed by atoms with Gasteiger partial charge in [-0.15, -0.1) is 24.0 Å². The fourth-order valence-electron chi connectivity index (χ4n) is 3.51. The van der Waals surface area contributed by atoms with Crippen molar-refractivity contribution in [1.29, 1.82) is 0 Å². The fraction of sp³-hybridized carbons (Fsp3) is 0.938. The number of hydrogen-bond donors (Lipinski definition) is 2. The van der Waals surface area contributed by atoms with Gasteiger partial charge >= 0.3 is 0 Å². The Labute approximate surface area is 164 Å². The van der Waals surface area contributed by atoms with Crippen molar-refractivity contribution in [1.82, 2.24) is 14.9 Å². The van der Waals surface area contributed by atoms with Crippen LogP contribution in [0.3, 0.4) is 0 Å². The highest BCUT2D eigenvalue weighted by atomic mass is 127. The third-order valence-corrected chi connectivity index (χ3v) is 6.92. The van der Waals surface area contributed by atoms with Crippen LogP contribution in [0.2, 0.25) is 0 Å². The molecule has 0 unspecified atom stereocenters. The molecule has 1 aliphatic carbocycles. The van der Waals surface area contributed by atoms with E-state index in [9.17, 15) is 8.42 Å². The smallest absolute Gasteiger partial charge is 0.211 e. The Morgan fingerprint density at radius 3 is 2.29 bits per heavy atom. The lowest BCUT2D eigenvalue weighted by Crippen LogP contribution is -2.48. The van der Waals surface area contributed by atoms with Crippen molar-refractivity contribution in [3.63, 3.8) is 0 Å². The molecule has 142 valence electrons. The molecule has 0 amide bonds. The predicted octanol–water partition coefficient (Wildman–Crippen LogP) is 2.02. The molecule has 1 saturated carbocycles. The van der Waals surface area contributed by atoms with Crippen LogP contribution in [0.5, 0.6) is 0 Å². The van der Waals surface area contributed by atoms with Gasteiger partial charge in [0.15, 0.2) is 5.96 Å². The maximum atomic E-state index is 11.5. The number of sulfonamides is 1. The van der Waals surface area contributed by atoms with Gasteiger partial charge in [-0.2, -0.15) is 0 Å². The summed E-state index contributed by atoms with van der Waals surface area (Å²) >= 11 is 0. The third kappa shape index (κ3) is 6.01. The number of aliphatic imine (C=N–C) groups is 1. The van der Waals surface area contributed by atoms with Gasteiger partial charge in [-0.25, -0.2) is 12.7 Å². The van der Waals surface area contributed by atoms with Gasteiger partial charge in [-0.3, -0.25) is 4.99 Å². The van der Waals surface area contributed by atoms with E-state index in [0.29, 0.717) is 24.4 Å². The lowest BCUT2D eigenvalue weighted by Gasteiger charge is -2.41. The minimum absolute atomic E-state index is 0. The van der Waals surface area contributed by atoms with E-state index < -0.39 is 10.0 Å². The molecule has 1 aliphatic heterocycles. The predicted molar refractivity (Wildman–Crippen MR) is 110 cm³/mol. The molecule has 1 heterocycles. The Hall–Kier alpha value is -0.0900. The van der Waals surface area contributed by atoms with Crippen molar-refractivity contribution in [3.05, 3.63) is 0 Å². The van der Waals surface area contributed by atoms with Gasteiger partial charge in [0.05, 0.1) is 6.26 Å². The lowest BCUT2D eigenvalue weighted by molar-refractivity contribution is 0.131. The molecule has 2 fully saturated rings. The van der Waals surface area contributed by atoms with Crippen LogP contribution in [0.4, 0.5) is 0 Å². The molecule has 1 saturated heterocycles. The van der Waals surface area contributed by atoms with E-state index in [0.717, 1.165) is 31.9 Å². The topological polar surface area (TPSA) is 73.8 Å². The summed E-state index contributed by atoms with van der Waals surface area (Å²) in [6.45, 7) is 5.39. The number of halogens is 1. The van der Waals surface area contributed by atoms with Crippen LogP contribution in [0, 0.1) is 11.3 Å². The quantitative estimate of drug-likeness (QED) is 0.353. The summed E-state index contributed by atoms with van der Waals surface area (Å²) in [4.78, 5) is 4.31. The third-order valence-electron chi connectivity index (χ3n) is 5.62. The first-order valence-electron chi connectivity index (χ1n) is 8.78. The molecule has 0 spiro atoms. The van der Waals surface area contributed by atoms with Crippen LogP contribution in [0.1, 0.15) is 45.4 Å². The van der Waals surface area contributed by atoms with Crippen molar-refractivity contribution >= 4 is 40.0 Å². The second-order valence-corrected chi connectivity index (χ2v) is 9.10. The molecular weight excluding hydrogens is 439 g/mol. The van der Waals surface area contributed by atoms with Crippen molar-refractivity contribution in [3.8, 4) is 0 Å². The molecule has 0 atom stereocenters. The van der Waals surface area contributed by atoms with Crippen LogP contribution in [0.15, 0.2) is 4.99 Å². The molecular formula is C16H33IN4O2S. The Bertz CT molecular complexity index is 507. The molecule has 6 nitrogen and oxygen atoms in total. The van der Waals surface area contributed by atoms with E-state index in [1.54, 1.807) is 11.4 Å². The molecule has 0 aromatic carbocycles. The highest BCUT2D eigenvalue weighted by molar-refractivity contribution is 14.0. The van der Waals surface area contributed by atoms with Gasteiger partial charge in [-0.1, -0.05) is 13.3 Å². The lowest BCUT2D eigenvalue weighted by atomic mass is 9.67. The van der Waals surface area contributed by atoms with Gasteiger partial charge in [-0.05, 0) is 43.4 Å². The van der Waals surface area contributed by atoms with Crippen LogP contribution < -0.4 is 10.6 Å². The number of rotatable bonds is 6. The van der Waals surface area contributed by atoms with Crippen molar-refractivity contribution < 1.29 is 8.42 Å². The van der Waals surface area contributed by atoms with Crippen LogP contribution in [-0.2, 0) is 10.0 Å². The number of nitrogens with one attached hydrogen (secondary N) is 2. The summed E-state index contributed by atoms with van der Waals surface area (Å²) < 4.78 is 24.6. The molecule has 24 heavy (non-hydrogen) atoms. The summed E-state index contributed by atoms with van der Waals surface area (Å²) in [6, 6.07) is 0. The zero-order valence-electron chi connectivity index (χ0n) is 15.2. The van der Waals surface area contributed by atoms with Crippen molar-refractivity contribution in [2.24, 2.45) is 16.3 Å². The van der Waals surface area contributed by atoms with E-state index in [4.69, 9.17) is 0 Å². The summed E-state index contributed by atoms with van der Waals surface area (Å²) in [5.74, 6) is 1.38. The Kier molecular flexibility index (Phi) is 8.75. The zero-order valence-corrected chi connectivity index (χ0v) is 18.3. The molecule has 0 aromatic rings. The molecule has 2 rings (SSSR count). The molecule has 2 N–H and O–H groups in total. The van der Waals surface area contributed by atoms with E-state index in [2.05, 4.69) is 22.5 Å². The molecule has 8 heteroatoms. The largest absolute Gasteiger partial charge is 0.356 e. The summed E-state index contributed by atoms with van der Waals surface area (Å²) in [6.07, 6.45) is 8.32. The number of nitrogens with zero attached hydrogens (tertiary/aromatic N) is 2. The van der Waals surface area contributed by atoms with E-state index in [1.807, 2.05) is 0 Å². The standard InChI is InChI=1S/C16H32N4O2S.HI/c1-4-16(8-5-9-16)13-19-15(17-2)18-12-14-6-10-20(11-7-14)23(3,21)22;/h14H,4-13H2,1-3H3,(H2,17,18,19);1H. The maximum absolute atomic E-state index is 11.5. The zero-order chi connectivity index (χ0) is 16.9. The normalized spacial score (nSPS) is 22.4. The summed E-state index contributed by atoms with van der Waals surface area (Å²) in [7, 11) is -1.23. The fourth-order valence-corrected chi connectivity index (χ4v) is 4.38.